The van der Waals surface area contributed by atoms with Gasteiger partial charge in [0, 0.05) is 6.21 Å². The first kappa shape index (κ1) is 7.71. The van der Waals surface area contributed by atoms with Gasteiger partial charge in [0.05, 0.1) is 0 Å². The van der Waals surface area contributed by atoms with Gasteiger partial charge in [-0.3, -0.25) is 0 Å². The Morgan fingerprint density at radius 3 is 3.36 bits per heavy atom. The Kier molecular flexibility index (Phi) is 3.11. The molecule has 0 spiro atoms. The topological polar surface area (TPSA) is 66.0 Å². The average Bonchev–Trinajstić information content (AvgIpc) is 2.50. The van der Waals surface area contributed by atoms with Crippen molar-refractivity contribution in [1.29, 1.82) is 0 Å². The summed E-state index contributed by atoms with van der Waals surface area (Å²) < 4.78 is 0. The summed E-state index contributed by atoms with van der Waals surface area (Å²) in [6.07, 6.45) is 5.31. The Balaban J connectivity index is 2.23. The zero-order chi connectivity index (χ0) is 7.94. The Labute approximate surface area is 64.9 Å². The molecule has 0 fully saturated rings. The second-order valence-electron chi connectivity index (χ2n) is 2.05. The molecule has 0 amide bonds. The first-order valence-corrected chi connectivity index (χ1v) is 3.56. The van der Waals surface area contributed by atoms with Crippen LogP contribution in [0.1, 0.15) is 19.8 Å². The molecule has 11 heavy (non-hydrogen) atoms. The van der Waals surface area contributed by atoms with E-state index in [9.17, 15) is 0 Å². The Hall–Kier alpha value is -1.39. The van der Waals surface area contributed by atoms with Crippen molar-refractivity contribution in [3.05, 3.63) is 6.33 Å². The number of rotatable bonds is 4. The van der Waals surface area contributed by atoms with E-state index in [0.717, 1.165) is 12.8 Å². The van der Waals surface area contributed by atoms with Gasteiger partial charge in [-0.1, -0.05) is 13.3 Å². The minimum absolute atomic E-state index is 0.567. The van der Waals surface area contributed by atoms with E-state index in [-0.39, 0.29) is 0 Å². The first-order valence-electron chi connectivity index (χ1n) is 3.56. The molecule has 0 radical (unpaired) electrons. The highest BCUT2D eigenvalue weighted by molar-refractivity contribution is 5.58. The standard InChI is InChI=1S/C6H11N5/c1-2-3-4-8-10-6-7-5-9-11-6/h4-5H,2-3H2,1H3,(H2,7,9,10,11)/b8-4+. The average molecular weight is 153 g/mol. The van der Waals surface area contributed by atoms with Crippen LogP contribution in [-0.4, -0.2) is 21.4 Å². The van der Waals surface area contributed by atoms with Crippen molar-refractivity contribution in [2.45, 2.75) is 19.8 Å². The largest absolute Gasteiger partial charge is 0.246 e. The van der Waals surface area contributed by atoms with Crippen molar-refractivity contribution in [3.63, 3.8) is 0 Å². The second kappa shape index (κ2) is 4.43. The fraction of sp³-hybridized carbons (Fsp3) is 0.500. The molecular formula is C6H11N5. The third kappa shape index (κ3) is 2.79. The molecule has 0 aliphatic carbocycles. The molecule has 60 valence electrons. The molecule has 2 N–H and O–H groups in total. The molecule has 0 aliphatic heterocycles. The van der Waals surface area contributed by atoms with Gasteiger partial charge in [-0.05, 0) is 6.42 Å². The number of unbranched alkanes of at least 4 members (excludes halogenated alkanes) is 1. The van der Waals surface area contributed by atoms with Crippen LogP contribution in [0, 0.1) is 0 Å². The minimum atomic E-state index is 0.567. The Morgan fingerprint density at radius 1 is 1.82 bits per heavy atom. The van der Waals surface area contributed by atoms with E-state index in [1.54, 1.807) is 0 Å². The van der Waals surface area contributed by atoms with Crippen molar-refractivity contribution in [1.82, 2.24) is 15.2 Å². The number of nitrogens with zero attached hydrogens (tertiary/aromatic N) is 3. The van der Waals surface area contributed by atoms with Crippen molar-refractivity contribution in [3.8, 4) is 0 Å². The van der Waals surface area contributed by atoms with Crippen LogP contribution in [0.2, 0.25) is 0 Å². The quantitative estimate of drug-likeness (QED) is 0.501. The van der Waals surface area contributed by atoms with Gasteiger partial charge in [0.1, 0.15) is 6.33 Å². The van der Waals surface area contributed by atoms with Crippen molar-refractivity contribution < 1.29 is 0 Å². The van der Waals surface area contributed by atoms with Gasteiger partial charge in [-0.15, -0.1) is 0 Å². The maximum absolute atomic E-state index is 3.89. The number of hydrazone groups is 1. The van der Waals surface area contributed by atoms with Crippen LogP contribution >= 0.6 is 0 Å². The highest BCUT2D eigenvalue weighted by Crippen LogP contribution is 1.90. The van der Waals surface area contributed by atoms with E-state index in [2.05, 4.69) is 32.6 Å². The van der Waals surface area contributed by atoms with Gasteiger partial charge >= 0.3 is 0 Å². The normalized spacial score (nSPS) is 10.6. The fourth-order valence-electron chi connectivity index (χ4n) is 0.560. The maximum Gasteiger partial charge on any atom is 0.239 e. The predicted octanol–water partition coefficient (Wildman–Crippen LogP) is 1.00. The smallest absolute Gasteiger partial charge is 0.239 e. The van der Waals surface area contributed by atoms with E-state index in [4.69, 9.17) is 0 Å². The third-order valence-corrected chi connectivity index (χ3v) is 1.09. The second-order valence-corrected chi connectivity index (χ2v) is 2.05. The number of nitrogens with one attached hydrogen (secondary N) is 2. The molecule has 0 unspecified atom stereocenters. The summed E-state index contributed by atoms with van der Waals surface area (Å²) in [5.41, 5.74) is 2.70. The fourth-order valence-corrected chi connectivity index (χ4v) is 0.560. The lowest BCUT2D eigenvalue weighted by molar-refractivity contribution is 1.00. The summed E-state index contributed by atoms with van der Waals surface area (Å²) >= 11 is 0. The number of aromatic amines is 1. The summed E-state index contributed by atoms with van der Waals surface area (Å²) in [6.45, 7) is 2.10. The zero-order valence-corrected chi connectivity index (χ0v) is 6.41. The highest BCUT2D eigenvalue weighted by Gasteiger charge is 1.86. The van der Waals surface area contributed by atoms with Gasteiger partial charge in [-0.2, -0.15) is 15.2 Å². The molecule has 0 aromatic carbocycles. The van der Waals surface area contributed by atoms with E-state index in [0.29, 0.717) is 5.95 Å². The number of H-pyrrole nitrogens is 1. The SMILES string of the molecule is CCC/C=N/Nc1ncn[nH]1. The van der Waals surface area contributed by atoms with Crippen LogP contribution in [0.15, 0.2) is 11.4 Å². The number of hydrogen-bond donors (Lipinski definition) is 2. The molecule has 1 aromatic rings. The van der Waals surface area contributed by atoms with E-state index in [1.165, 1.54) is 6.33 Å². The molecule has 1 heterocycles. The van der Waals surface area contributed by atoms with Crippen molar-refractivity contribution in [2.75, 3.05) is 5.43 Å². The molecule has 0 saturated heterocycles. The molecule has 1 aromatic heterocycles. The minimum Gasteiger partial charge on any atom is -0.246 e. The van der Waals surface area contributed by atoms with Gasteiger partial charge in [0.2, 0.25) is 5.95 Å². The first-order chi connectivity index (χ1) is 5.43. The van der Waals surface area contributed by atoms with E-state index < -0.39 is 0 Å². The monoisotopic (exact) mass is 153 g/mol. The lowest BCUT2D eigenvalue weighted by Crippen LogP contribution is -1.90. The van der Waals surface area contributed by atoms with Gasteiger partial charge in [0.25, 0.3) is 0 Å². The third-order valence-electron chi connectivity index (χ3n) is 1.09. The summed E-state index contributed by atoms with van der Waals surface area (Å²) in [5.74, 6) is 0.567. The van der Waals surface area contributed by atoms with Crippen LogP contribution in [0.4, 0.5) is 5.95 Å². The zero-order valence-electron chi connectivity index (χ0n) is 6.41. The summed E-state index contributed by atoms with van der Waals surface area (Å²) in [4.78, 5) is 3.82. The van der Waals surface area contributed by atoms with Crippen LogP contribution in [-0.2, 0) is 0 Å². The predicted molar refractivity (Wildman–Crippen MR) is 43.4 cm³/mol. The Morgan fingerprint density at radius 2 is 2.73 bits per heavy atom. The van der Waals surface area contributed by atoms with Crippen molar-refractivity contribution >= 4 is 12.2 Å². The summed E-state index contributed by atoms with van der Waals surface area (Å²) in [6, 6.07) is 0. The molecule has 1 rings (SSSR count). The lowest BCUT2D eigenvalue weighted by atomic mass is 10.4. The van der Waals surface area contributed by atoms with E-state index >= 15 is 0 Å². The van der Waals surface area contributed by atoms with E-state index in [1.807, 2.05) is 6.21 Å². The Bertz CT molecular complexity index is 203. The highest BCUT2D eigenvalue weighted by atomic mass is 15.4. The molecule has 0 atom stereocenters. The molecule has 5 heteroatoms. The van der Waals surface area contributed by atoms with Crippen molar-refractivity contribution in [2.24, 2.45) is 5.10 Å². The van der Waals surface area contributed by atoms with Gasteiger partial charge in [-0.25, -0.2) is 10.5 Å². The lowest BCUT2D eigenvalue weighted by Gasteiger charge is -1.90. The summed E-state index contributed by atoms with van der Waals surface area (Å²) in [7, 11) is 0. The summed E-state index contributed by atoms with van der Waals surface area (Å²) in [5, 5.41) is 10.2. The molecule has 5 nitrogen and oxygen atoms in total. The number of anilines is 1. The van der Waals surface area contributed by atoms with Gasteiger partial charge in [0.15, 0.2) is 0 Å². The molecule has 0 bridgehead atoms. The molecule has 0 aliphatic rings. The number of aromatic nitrogens is 3. The van der Waals surface area contributed by atoms with Crippen LogP contribution < -0.4 is 5.43 Å². The van der Waals surface area contributed by atoms with Crippen LogP contribution in [0.3, 0.4) is 0 Å². The van der Waals surface area contributed by atoms with Gasteiger partial charge < -0.3 is 0 Å². The van der Waals surface area contributed by atoms with Crippen LogP contribution in [0.25, 0.3) is 0 Å². The number of hydrogen-bond acceptors (Lipinski definition) is 4. The molecule has 0 saturated carbocycles. The maximum atomic E-state index is 3.89. The van der Waals surface area contributed by atoms with Crippen LogP contribution in [0.5, 0.6) is 0 Å². The molecular weight excluding hydrogens is 142 g/mol.